The molecule has 0 radical (unpaired) electrons. The molecule has 4 heteroatoms. The first kappa shape index (κ1) is 17.8. The van der Waals surface area contributed by atoms with Gasteiger partial charge in [0.25, 0.3) is 0 Å². The van der Waals surface area contributed by atoms with Crippen molar-refractivity contribution in [2.45, 2.75) is 25.7 Å². The van der Waals surface area contributed by atoms with Crippen LogP contribution in [0.2, 0.25) is 0 Å². The molecule has 128 valence electrons. The van der Waals surface area contributed by atoms with Gasteiger partial charge in [0, 0.05) is 13.2 Å². The Morgan fingerprint density at radius 3 is 2.57 bits per heavy atom. The molecule has 1 fully saturated rings. The van der Waals surface area contributed by atoms with Crippen molar-refractivity contribution >= 4 is 6.08 Å². The van der Waals surface area contributed by atoms with E-state index in [-0.39, 0.29) is 0 Å². The van der Waals surface area contributed by atoms with Crippen LogP contribution < -0.4 is 9.47 Å². The molecule has 1 aliphatic rings. The van der Waals surface area contributed by atoms with Gasteiger partial charge in [-0.25, -0.2) is 0 Å². The molecule has 1 aromatic carbocycles. The summed E-state index contributed by atoms with van der Waals surface area (Å²) in [5, 5.41) is 0. The van der Waals surface area contributed by atoms with Gasteiger partial charge in [-0.1, -0.05) is 24.6 Å². The maximum Gasteiger partial charge on any atom is 0.161 e. The van der Waals surface area contributed by atoms with E-state index in [4.69, 9.17) is 14.2 Å². The number of hydrogen-bond donors (Lipinski definition) is 0. The summed E-state index contributed by atoms with van der Waals surface area (Å²) in [6.07, 6.45) is 9.32. The largest absolute Gasteiger partial charge is 0.493 e. The Balaban J connectivity index is 1.62. The number of nitrogens with zero attached hydrogens (tertiary/aromatic N) is 1. The lowest BCUT2D eigenvalue weighted by Gasteiger charge is -2.26. The van der Waals surface area contributed by atoms with E-state index in [0.29, 0.717) is 6.61 Å². The summed E-state index contributed by atoms with van der Waals surface area (Å²) >= 11 is 0. The molecule has 4 nitrogen and oxygen atoms in total. The second-order valence-electron chi connectivity index (χ2n) is 5.85. The molecule has 0 amide bonds. The first-order valence-electron chi connectivity index (χ1n) is 8.52. The van der Waals surface area contributed by atoms with Gasteiger partial charge in [-0.3, -0.25) is 0 Å². The summed E-state index contributed by atoms with van der Waals surface area (Å²) in [5.74, 6) is 1.50. The van der Waals surface area contributed by atoms with E-state index in [9.17, 15) is 0 Å². The molecule has 2 rings (SSSR count). The topological polar surface area (TPSA) is 30.9 Å². The molecule has 23 heavy (non-hydrogen) atoms. The average Bonchev–Trinajstić information content (AvgIpc) is 2.61. The minimum Gasteiger partial charge on any atom is -0.493 e. The van der Waals surface area contributed by atoms with Crippen molar-refractivity contribution in [1.82, 2.24) is 4.90 Å². The molecule has 0 unspecified atom stereocenters. The van der Waals surface area contributed by atoms with Gasteiger partial charge in [0.1, 0.15) is 0 Å². The number of likely N-dealkylation sites (tertiary alicyclic amines) is 1. The van der Waals surface area contributed by atoms with Gasteiger partial charge in [-0.05, 0) is 50.0 Å². The van der Waals surface area contributed by atoms with Gasteiger partial charge >= 0.3 is 0 Å². The summed E-state index contributed by atoms with van der Waals surface area (Å²) in [7, 11) is 3.29. The lowest BCUT2D eigenvalue weighted by Crippen LogP contribution is -2.31. The molecule has 0 aromatic heterocycles. The predicted octanol–water partition coefficient (Wildman–Crippen LogP) is 3.61. The molecule has 1 heterocycles. The molecule has 0 atom stereocenters. The van der Waals surface area contributed by atoms with Crippen molar-refractivity contribution in [3.05, 3.63) is 29.8 Å². The van der Waals surface area contributed by atoms with Crippen molar-refractivity contribution in [3.8, 4) is 11.5 Å². The summed E-state index contributed by atoms with van der Waals surface area (Å²) in [4.78, 5) is 2.55. The number of methoxy groups -OCH3 is 2. The maximum atomic E-state index is 5.68. The Labute approximate surface area is 140 Å². The molecule has 1 saturated heterocycles. The van der Waals surface area contributed by atoms with Crippen LogP contribution >= 0.6 is 0 Å². The van der Waals surface area contributed by atoms with Gasteiger partial charge in [-0.15, -0.1) is 0 Å². The first-order chi connectivity index (χ1) is 11.3. The molecule has 0 N–H and O–H groups in total. The minimum absolute atomic E-state index is 0.647. The summed E-state index contributed by atoms with van der Waals surface area (Å²) in [6, 6.07) is 5.89. The Morgan fingerprint density at radius 2 is 1.83 bits per heavy atom. The second kappa shape index (κ2) is 10.3. The Hall–Kier alpha value is -1.52. The van der Waals surface area contributed by atoms with Gasteiger partial charge in [0.15, 0.2) is 11.5 Å². The quantitative estimate of drug-likeness (QED) is 0.651. The highest BCUT2D eigenvalue weighted by Crippen LogP contribution is 2.27. The predicted molar refractivity (Wildman–Crippen MR) is 94.3 cm³/mol. The van der Waals surface area contributed by atoms with E-state index in [1.165, 1.54) is 38.9 Å². The van der Waals surface area contributed by atoms with Gasteiger partial charge in [0.05, 0.1) is 20.8 Å². The fourth-order valence-electron chi connectivity index (χ4n) is 2.87. The number of piperidine rings is 1. The van der Waals surface area contributed by atoms with Crippen molar-refractivity contribution < 1.29 is 14.2 Å². The van der Waals surface area contributed by atoms with Gasteiger partial charge in [0.2, 0.25) is 0 Å². The molecular formula is C19H29NO3. The van der Waals surface area contributed by atoms with E-state index in [2.05, 4.69) is 4.90 Å². The second-order valence-corrected chi connectivity index (χ2v) is 5.85. The lowest BCUT2D eigenvalue weighted by molar-refractivity contribution is 0.138. The summed E-state index contributed by atoms with van der Waals surface area (Å²) in [5.41, 5.74) is 1.08. The van der Waals surface area contributed by atoms with Crippen LogP contribution in [0.5, 0.6) is 11.5 Å². The number of benzene rings is 1. The van der Waals surface area contributed by atoms with E-state index < -0.39 is 0 Å². The van der Waals surface area contributed by atoms with Crippen LogP contribution in [0.25, 0.3) is 6.08 Å². The van der Waals surface area contributed by atoms with Crippen LogP contribution in [0.4, 0.5) is 0 Å². The lowest BCUT2D eigenvalue weighted by atomic mass is 10.1. The zero-order chi connectivity index (χ0) is 16.3. The highest BCUT2D eigenvalue weighted by atomic mass is 16.5. The van der Waals surface area contributed by atoms with E-state index in [0.717, 1.165) is 30.1 Å². The molecule has 0 aliphatic carbocycles. The molecule has 0 bridgehead atoms. The van der Waals surface area contributed by atoms with Crippen molar-refractivity contribution in [1.29, 1.82) is 0 Å². The van der Waals surface area contributed by atoms with Crippen LogP contribution in [0.15, 0.2) is 24.3 Å². The fourth-order valence-corrected chi connectivity index (χ4v) is 2.87. The van der Waals surface area contributed by atoms with E-state index in [1.54, 1.807) is 14.2 Å². The third-order valence-electron chi connectivity index (χ3n) is 4.14. The third kappa shape index (κ3) is 6.24. The monoisotopic (exact) mass is 319 g/mol. The standard InChI is InChI=1S/C19H29NO3/c1-21-18-10-9-17(16-19(18)22-2)8-6-14-23-15-7-13-20-11-4-3-5-12-20/h6,8-10,16H,3-5,7,11-15H2,1-2H3/b8-6+. The fraction of sp³-hybridized carbons (Fsp3) is 0.579. The van der Waals surface area contributed by atoms with Crippen molar-refractivity contribution in [2.24, 2.45) is 0 Å². The van der Waals surface area contributed by atoms with Gasteiger partial charge in [-0.2, -0.15) is 0 Å². The normalized spacial score (nSPS) is 15.9. The SMILES string of the molecule is COc1ccc(/C=C/COCCCN2CCCCC2)cc1OC. The van der Waals surface area contributed by atoms with Crippen LogP contribution in [-0.2, 0) is 4.74 Å². The average molecular weight is 319 g/mol. The maximum absolute atomic E-state index is 5.68. The molecule has 0 spiro atoms. The highest BCUT2D eigenvalue weighted by Gasteiger charge is 2.08. The van der Waals surface area contributed by atoms with E-state index in [1.807, 2.05) is 30.4 Å². The van der Waals surface area contributed by atoms with Crippen molar-refractivity contribution in [2.75, 3.05) is 47.1 Å². The summed E-state index contributed by atoms with van der Waals surface area (Å²) < 4.78 is 16.2. The number of rotatable bonds is 9. The van der Waals surface area contributed by atoms with Crippen LogP contribution in [0.1, 0.15) is 31.2 Å². The minimum atomic E-state index is 0.647. The van der Waals surface area contributed by atoms with Crippen LogP contribution in [0, 0.1) is 0 Å². The van der Waals surface area contributed by atoms with Crippen molar-refractivity contribution in [3.63, 3.8) is 0 Å². The molecule has 0 saturated carbocycles. The highest BCUT2D eigenvalue weighted by molar-refractivity contribution is 5.55. The Kier molecular flexibility index (Phi) is 7.98. The molecule has 1 aliphatic heterocycles. The Bertz CT molecular complexity index is 482. The molecule has 1 aromatic rings. The number of ether oxygens (including phenoxy) is 3. The van der Waals surface area contributed by atoms with Crippen LogP contribution in [-0.4, -0.2) is 52.0 Å². The van der Waals surface area contributed by atoms with E-state index >= 15 is 0 Å². The smallest absolute Gasteiger partial charge is 0.161 e. The first-order valence-corrected chi connectivity index (χ1v) is 8.52. The van der Waals surface area contributed by atoms with Gasteiger partial charge < -0.3 is 19.1 Å². The number of hydrogen-bond acceptors (Lipinski definition) is 4. The molecular weight excluding hydrogens is 290 g/mol. The third-order valence-corrected chi connectivity index (χ3v) is 4.14. The summed E-state index contributed by atoms with van der Waals surface area (Å²) in [6.45, 7) is 5.17. The zero-order valence-electron chi connectivity index (χ0n) is 14.4. The zero-order valence-corrected chi connectivity index (χ0v) is 14.4. The van der Waals surface area contributed by atoms with Crippen LogP contribution in [0.3, 0.4) is 0 Å². The Morgan fingerprint density at radius 1 is 1.04 bits per heavy atom.